The Balaban J connectivity index is 1.38. The van der Waals surface area contributed by atoms with Gasteiger partial charge in [0.1, 0.15) is 4.83 Å². The van der Waals surface area contributed by atoms with Crippen molar-refractivity contribution < 1.29 is 14.3 Å². The molecule has 31 heavy (non-hydrogen) atoms. The number of nitrogens with zero attached hydrogens (tertiary/aromatic N) is 2. The summed E-state index contributed by atoms with van der Waals surface area (Å²) in [6, 6.07) is 15.8. The standard InChI is InChI=1S/C24H23N3O3S/c1-15-4-6-17(7-5-15)14-27-24-19(16(2)26-27)13-22(31-24)23(28)25-18-8-9-20-21(12-18)30-11-3-10-29-20/h4-9,12-13H,3,10-11,14H2,1-2H3,(H,25,28). The number of carbonyl (C=O) groups excluding carboxylic acids is 1. The van der Waals surface area contributed by atoms with E-state index in [1.807, 2.05) is 35.9 Å². The number of rotatable bonds is 4. The summed E-state index contributed by atoms with van der Waals surface area (Å²) in [7, 11) is 0. The van der Waals surface area contributed by atoms with E-state index in [1.54, 1.807) is 0 Å². The molecular formula is C24H23N3O3S. The highest BCUT2D eigenvalue weighted by molar-refractivity contribution is 7.20. The topological polar surface area (TPSA) is 65.4 Å². The Bertz CT molecular complexity index is 1260. The van der Waals surface area contributed by atoms with E-state index in [2.05, 4.69) is 41.6 Å². The number of hydrogen-bond donors (Lipinski definition) is 1. The Morgan fingerprint density at radius 1 is 1.06 bits per heavy atom. The van der Waals surface area contributed by atoms with Crippen LogP contribution in [0.2, 0.25) is 0 Å². The van der Waals surface area contributed by atoms with Gasteiger partial charge in [-0.25, -0.2) is 0 Å². The van der Waals surface area contributed by atoms with E-state index in [0.717, 1.165) is 22.3 Å². The van der Waals surface area contributed by atoms with E-state index in [9.17, 15) is 4.79 Å². The van der Waals surface area contributed by atoms with Gasteiger partial charge in [-0.3, -0.25) is 9.48 Å². The molecule has 158 valence electrons. The highest BCUT2D eigenvalue weighted by Crippen LogP contribution is 2.33. The molecule has 0 radical (unpaired) electrons. The summed E-state index contributed by atoms with van der Waals surface area (Å²) in [6.45, 7) is 5.98. The number of aryl methyl sites for hydroxylation is 2. The Morgan fingerprint density at radius 2 is 1.84 bits per heavy atom. The number of ether oxygens (including phenoxy) is 2. The number of anilines is 1. The Morgan fingerprint density at radius 3 is 2.65 bits per heavy atom. The van der Waals surface area contributed by atoms with Crippen molar-refractivity contribution in [3.63, 3.8) is 0 Å². The molecule has 0 unspecified atom stereocenters. The van der Waals surface area contributed by atoms with Gasteiger partial charge in [-0.05, 0) is 37.6 Å². The molecule has 2 aromatic heterocycles. The lowest BCUT2D eigenvalue weighted by molar-refractivity contribution is 0.103. The molecule has 0 bridgehead atoms. The molecule has 4 aromatic rings. The van der Waals surface area contributed by atoms with E-state index >= 15 is 0 Å². The van der Waals surface area contributed by atoms with Crippen LogP contribution in [-0.4, -0.2) is 28.9 Å². The summed E-state index contributed by atoms with van der Waals surface area (Å²) in [5.74, 6) is 1.23. The highest BCUT2D eigenvalue weighted by Gasteiger charge is 2.18. The zero-order valence-electron chi connectivity index (χ0n) is 17.5. The molecule has 1 aliphatic heterocycles. The molecule has 2 aromatic carbocycles. The van der Waals surface area contributed by atoms with Gasteiger partial charge in [-0.2, -0.15) is 5.10 Å². The lowest BCUT2D eigenvalue weighted by atomic mass is 10.1. The Hall–Kier alpha value is -3.32. The van der Waals surface area contributed by atoms with Crippen LogP contribution in [0.25, 0.3) is 10.2 Å². The summed E-state index contributed by atoms with van der Waals surface area (Å²) in [4.78, 5) is 14.6. The third-order valence-corrected chi connectivity index (χ3v) is 6.44. The molecule has 1 N–H and O–H groups in total. The first-order valence-electron chi connectivity index (χ1n) is 10.3. The number of nitrogens with one attached hydrogen (secondary N) is 1. The van der Waals surface area contributed by atoms with Gasteiger partial charge in [0, 0.05) is 23.6 Å². The molecule has 0 fully saturated rings. The number of hydrogen-bond acceptors (Lipinski definition) is 5. The van der Waals surface area contributed by atoms with E-state index in [4.69, 9.17) is 9.47 Å². The van der Waals surface area contributed by atoms with Crippen molar-refractivity contribution in [3.05, 3.63) is 70.2 Å². The average molecular weight is 434 g/mol. The van der Waals surface area contributed by atoms with Crippen LogP contribution in [0, 0.1) is 13.8 Å². The van der Waals surface area contributed by atoms with Crippen molar-refractivity contribution in [2.75, 3.05) is 18.5 Å². The second kappa shape index (κ2) is 8.07. The fourth-order valence-electron chi connectivity index (χ4n) is 3.63. The fourth-order valence-corrected chi connectivity index (χ4v) is 4.69. The van der Waals surface area contributed by atoms with Crippen LogP contribution in [0.1, 0.15) is 32.9 Å². The van der Waals surface area contributed by atoms with Crippen molar-refractivity contribution in [2.24, 2.45) is 0 Å². The van der Waals surface area contributed by atoms with Gasteiger partial charge in [0.15, 0.2) is 11.5 Å². The third kappa shape index (κ3) is 4.01. The number of thiophene rings is 1. The van der Waals surface area contributed by atoms with Crippen LogP contribution in [0.5, 0.6) is 11.5 Å². The van der Waals surface area contributed by atoms with Gasteiger partial charge in [0.25, 0.3) is 5.91 Å². The molecule has 1 amide bonds. The van der Waals surface area contributed by atoms with Gasteiger partial charge < -0.3 is 14.8 Å². The molecule has 0 atom stereocenters. The van der Waals surface area contributed by atoms with Gasteiger partial charge in [0.2, 0.25) is 0 Å². The second-order valence-corrected chi connectivity index (χ2v) is 8.75. The molecule has 0 aliphatic carbocycles. The first-order valence-corrected chi connectivity index (χ1v) is 11.1. The SMILES string of the molecule is Cc1ccc(Cn2nc(C)c3cc(C(=O)Nc4ccc5c(c4)OCCCO5)sc32)cc1. The largest absolute Gasteiger partial charge is 0.490 e. The quantitative estimate of drug-likeness (QED) is 0.482. The lowest BCUT2D eigenvalue weighted by Crippen LogP contribution is -2.10. The summed E-state index contributed by atoms with van der Waals surface area (Å²) in [5, 5.41) is 8.67. The van der Waals surface area contributed by atoms with Crippen molar-refractivity contribution >= 4 is 33.1 Å². The number of carbonyl (C=O) groups is 1. The molecule has 6 nitrogen and oxygen atoms in total. The lowest BCUT2D eigenvalue weighted by Gasteiger charge is -2.10. The van der Waals surface area contributed by atoms with Crippen molar-refractivity contribution in [1.29, 1.82) is 0 Å². The van der Waals surface area contributed by atoms with Crippen molar-refractivity contribution in [3.8, 4) is 11.5 Å². The van der Waals surface area contributed by atoms with Crippen molar-refractivity contribution in [1.82, 2.24) is 9.78 Å². The summed E-state index contributed by atoms with van der Waals surface area (Å²) < 4.78 is 13.4. The van der Waals surface area contributed by atoms with Crippen LogP contribution in [0.3, 0.4) is 0 Å². The first-order chi connectivity index (χ1) is 15.1. The molecular weight excluding hydrogens is 410 g/mol. The van der Waals surface area contributed by atoms with Gasteiger partial charge in [0.05, 0.1) is 30.3 Å². The molecule has 3 heterocycles. The number of benzene rings is 2. The smallest absolute Gasteiger partial charge is 0.265 e. The molecule has 0 saturated carbocycles. The maximum absolute atomic E-state index is 12.9. The summed E-state index contributed by atoms with van der Waals surface area (Å²) in [6.07, 6.45) is 0.844. The number of amides is 1. The van der Waals surface area contributed by atoms with Crippen LogP contribution in [0.4, 0.5) is 5.69 Å². The predicted molar refractivity (Wildman–Crippen MR) is 123 cm³/mol. The number of aromatic nitrogens is 2. The van der Waals surface area contributed by atoms with E-state index < -0.39 is 0 Å². The van der Waals surface area contributed by atoms with Crippen LogP contribution in [-0.2, 0) is 6.54 Å². The average Bonchev–Trinajstić information content (AvgIpc) is 3.23. The molecule has 7 heteroatoms. The van der Waals surface area contributed by atoms with Crippen molar-refractivity contribution in [2.45, 2.75) is 26.8 Å². The van der Waals surface area contributed by atoms with Gasteiger partial charge >= 0.3 is 0 Å². The normalized spacial score (nSPS) is 13.2. The maximum Gasteiger partial charge on any atom is 0.265 e. The molecule has 0 spiro atoms. The zero-order valence-corrected chi connectivity index (χ0v) is 18.3. The fraction of sp³-hybridized carbons (Fsp3) is 0.250. The van der Waals surface area contributed by atoms with Crippen LogP contribution in [0.15, 0.2) is 48.5 Å². The monoisotopic (exact) mass is 433 g/mol. The highest BCUT2D eigenvalue weighted by atomic mass is 32.1. The van der Waals surface area contributed by atoms with Crippen LogP contribution >= 0.6 is 11.3 Å². The first kappa shape index (κ1) is 19.6. The van der Waals surface area contributed by atoms with E-state index in [-0.39, 0.29) is 5.91 Å². The van der Waals surface area contributed by atoms with Crippen LogP contribution < -0.4 is 14.8 Å². The van der Waals surface area contributed by atoms with Gasteiger partial charge in [-0.1, -0.05) is 29.8 Å². The minimum absolute atomic E-state index is 0.142. The third-order valence-electron chi connectivity index (χ3n) is 5.29. The summed E-state index contributed by atoms with van der Waals surface area (Å²) >= 11 is 1.46. The molecule has 0 saturated heterocycles. The minimum Gasteiger partial charge on any atom is -0.490 e. The molecule has 5 rings (SSSR count). The predicted octanol–water partition coefficient (Wildman–Crippen LogP) is 5.18. The van der Waals surface area contributed by atoms with E-state index in [0.29, 0.717) is 41.8 Å². The van der Waals surface area contributed by atoms with Gasteiger partial charge in [-0.15, -0.1) is 11.3 Å². The minimum atomic E-state index is -0.142. The summed E-state index contributed by atoms with van der Waals surface area (Å²) in [5.41, 5.74) is 4.02. The second-order valence-electron chi connectivity index (χ2n) is 7.72. The Labute approximate surface area is 184 Å². The number of fused-ring (bicyclic) bond motifs is 2. The Kier molecular flexibility index (Phi) is 5.11. The molecule has 1 aliphatic rings. The maximum atomic E-state index is 12.9. The van der Waals surface area contributed by atoms with E-state index in [1.165, 1.54) is 22.5 Å². The zero-order chi connectivity index (χ0) is 21.4.